The van der Waals surface area contributed by atoms with Crippen LogP contribution in [0.5, 0.6) is 5.75 Å². The van der Waals surface area contributed by atoms with Gasteiger partial charge in [-0.2, -0.15) is 11.8 Å². The molecule has 0 radical (unpaired) electrons. The van der Waals surface area contributed by atoms with Crippen LogP contribution in [-0.4, -0.2) is 18.3 Å². The fraction of sp³-hybridized carbons (Fsp3) is 0.167. The number of para-hydroxylation sites is 1. The summed E-state index contributed by atoms with van der Waals surface area (Å²) in [5.74, 6) is 1.96. The number of H-pyrrole nitrogens is 1. The van der Waals surface area contributed by atoms with Gasteiger partial charge in [0, 0.05) is 33.8 Å². The zero-order valence-electron chi connectivity index (χ0n) is 15.9. The molecule has 1 heterocycles. The molecule has 1 atom stereocenters. The number of ether oxygens (including phenoxy) is 1. The molecule has 0 aliphatic heterocycles. The molecule has 0 bridgehead atoms. The fourth-order valence-electron chi connectivity index (χ4n) is 3.76. The average molecular weight is 408 g/mol. The van der Waals surface area contributed by atoms with E-state index in [1.807, 2.05) is 36.0 Å². The van der Waals surface area contributed by atoms with Gasteiger partial charge in [0.15, 0.2) is 0 Å². The second kappa shape index (κ2) is 8.34. The third kappa shape index (κ3) is 3.65. The predicted molar refractivity (Wildman–Crippen MR) is 121 cm³/mol. The molecule has 142 valence electrons. The smallest absolute Gasteiger partial charge is 0.118 e. The Labute approximate surface area is 174 Å². The van der Waals surface area contributed by atoms with Gasteiger partial charge >= 0.3 is 0 Å². The van der Waals surface area contributed by atoms with Gasteiger partial charge in [-0.05, 0) is 52.8 Å². The summed E-state index contributed by atoms with van der Waals surface area (Å²) in [6, 6.07) is 23.0. The van der Waals surface area contributed by atoms with Crippen LogP contribution in [0.2, 0.25) is 5.02 Å². The maximum atomic E-state index is 6.15. The highest BCUT2D eigenvalue weighted by Gasteiger charge is 2.21. The van der Waals surface area contributed by atoms with Crippen LogP contribution in [0.15, 0.2) is 72.9 Å². The van der Waals surface area contributed by atoms with Crippen LogP contribution >= 0.6 is 23.4 Å². The van der Waals surface area contributed by atoms with Crippen LogP contribution < -0.4 is 4.74 Å². The fourth-order valence-corrected chi connectivity index (χ4v) is 4.43. The summed E-state index contributed by atoms with van der Waals surface area (Å²) in [5.41, 5.74) is 6.26. The number of thioether (sulfide) groups is 1. The van der Waals surface area contributed by atoms with E-state index >= 15 is 0 Å². The summed E-state index contributed by atoms with van der Waals surface area (Å²) < 4.78 is 5.35. The Morgan fingerprint density at radius 1 is 0.964 bits per heavy atom. The van der Waals surface area contributed by atoms with Crippen LogP contribution in [-0.2, 0) is 5.75 Å². The van der Waals surface area contributed by atoms with Gasteiger partial charge in [0.2, 0.25) is 0 Å². The molecule has 0 amide bonds. The van der Waals surface area contributed by atoms with Gasteiger partial charge < -0.3 is 9.72 Å². The second-order valence-electron chi connectivity index (χ2n) is 6.77. The van der Waals surface area contributed by atoms with Gasteiger partial charge in [0.05, 0.1) is 7.11 Å². The van der Waals surface area contributed by atoms with Gasteiger partial charge in [-0.25, -0.2) is 0 Å². The van der Waals surface area contributed by atoms with Crippen LogP contribution in [0.1, 0.15) is 28.2 Å². The second-order valence-corrected chi connectivity index (χ2v) is 8.08. The van der Waals surface area contributed by atoms with Crippen molar-refractivity contribution in [3.8, 4) is 5.75 Å². The molecule has 0 spiro atoms. The number of fused-ring (bicyclic) bond motifs is 1. The molecule has 1 N–H and O–H groups in total. The monoisotopic (exact) mass is 407 g/mol. The van der Waals surface area contributed by atoms with E-state index in [1.165, 1.54) is 33.2 Å². The van der Waals surface area contributed by atoms with E-state index in [4.69, 9.17) is 16.3 Å². The lowest BCUT2D eigenvalue weighted by molar-refractivity contribution is 0.414. The first-order valence-electron chi connectivity index (χ1n) is 9.18. The Bertz CT molecular complexity index is 1070. The minimum atomic E-state index is 0.112. The van der Waals surface area contributed by atoms with Crippen molar-refractivity contribution in [1.29, 1.82) is 0 Å². The molecular weight excluding hydrogens is 386 g/mol. The number of halogens is 1. The van der Waals surface area contributed by atoms with E-state index in [0.29, 0.717) is 0 Å². The van der Waals surface area contributed by atoms with Crippen molar-refractivity contribution in [2.45, 2.75) is 11.7 Å². The van der Waals surface area contributed by atoms with Gasteiger partial charge in [-0.3, -0.25) is 0 Å². The van der Waals surface area contributed by atoms with Crippen molar-refractivity contribution in [2.24, 2.45) is 0 Å². The molecule has 4 rings (SSSR count). The first-order valence-corrected chi connectivity index (χ1v) is 11.0. The van der Waals surface area contributed by atoms with Crippen LogP contribution in [0.3, 0.4) is 0 Å². The summed E-state index contributed by atoms with van der Waals surface area (Å²) in [4.78, 5) is 3.53. The number of aromatic nitrogens is 1. The highest BCUT2D eigenvalue weighted by Crippen LogP contribution is 2.38. The zero-order chi connectivity index (χ0) is 19.5. The molecule has 0 aliphatic rings. The third-order valence-electron chi connectivity index (χ3n) is 5.10. The Balaban J connectivity index is 1.89. The van der Waals surface area contributed by atoms with Crippen LogP contribution in [0, 0.1) is 0 Å². The van der Waals surface area contributed by atoms with E-state index in [-0.39, 0.29) is 5.92 Å². The molecule has 3 aromatic carbocycles. The number of nitrogens with one attached hydrogen (secondary N) is 1. The van der Waals surface area contributed by atoms with E-state index < -0.39 is 0 Å². The molecule has 0 saturated heterocycles. The average Bonchev–Trinajstić information content (AvgIpc) is 3.15. The minimum Gasteiger partial charge on any atom is -0.497 e. The highest BCUT2D eigenvalue weighted by molar-refractivity contribution is 7.97. The van der Waals surface area contributed by atoms with Gasteiger partial charge in [0.25, 0.3) is 0 Å². The molecule has 0 aliphatic carbocycles. The van der Waals surface area contributed by atoms with Crippen molar-refractivity contribution in [1.82, 2.24) is 4.98 Å². The minimum absolute atomic E-state index is 0.112. The summed E-state index contributed by atoms with van der Waals surface area (Å²) in [6.07, 6.45) is 4.29. The zero-order valence-corrected chi connectivity index (χ0v) is 17.5. The maximum Gasteiger partial charge on any atom is 0.118 e. The summed E-state index contributed by atoms with van der Waals surface area (Å²) in [7, 11) is 1.69. The summed E-state index contributed by atoms with van der Waals surface area (Å²) >= 11 is 7.99. The summed E-state index contributed by atoms with van der Waals surface area (Å²) in [5, 5.41) is 2.01. The number of methoxy groups -OCH3 is 1. The largest absolute Gasteiger partial charge is 0.497 e. The van der Waals surface area contributed by atoms with Crippen molar-refractivity contribution in [3.63, 3.8) is 0 Å². The quantitative estimate of drug-likeness (QED) is 0.377. The van der Waals surface area contributed by atoms with Crippen LogP contribution in [0.4, 0.5) is 0 Å². The Morgan fingerprint density at radius 2 is 1.64 bits per heavy atom. The van der Waals surface area contributed by atoms with Crippen molar-refractivity contribution < 1.29 is 4.74 Å². The van der Waals surface area contributed by atoms with Crippen molar-refractivity contribution >= 4 is 34.3 Å². The lowest BCUT2D eigenvalue weighted by Gasteiger charge is -2.19. The number of benzene rings is 3. The lowest BCUT2D eigenvalue weighted by atomic mass is 9.85. The standard InChI is InChI=1S/C24H22ClNOS/c1-27-20-12-8-17(9-13-20)23(16-6-10-19(25)11-7-16)22-14-26-24-18(15-28-2)4-3-5-21(22)24/h3-14,23,26H,15H2,1-2H3. The molecule has 2 nitrogen and oxygen atoms in total. The van der Waals surface area contributed by atoms with Crippen LogP contribution in [0.25, 0.3) is 10.9 Å². The van der Waals surface area contributed by atoms with Crippen molar-refractivity contribution in [2.75, 3.05) is 13.4 Å². The Morgan fingerprint density at radius 3 is 2.29 bits per heavy atom. The molecule has 4 aromatic rings. The topological polar surface area (TPSA) is 25.0 Å². The normalized spacial score (nSPS) is 12.2. The molecule has 0 fully saturated rings. The number of hydrogen-bond acceptors (Lipinski definition) is 2. The molecule has 1 unspecified atom stereocenters. The number of hydrogen-bond donors (Lipinski definition) is 1. The van der Waals surface area contributed by atoms with E-state index in [9.17, 15) is 0 Å². The van der Waals surface area contributed by atoms with Gasteiger partial charge in [0.1, 0.15) is 5.75 Å². The summed E-state index contributed by atoms with van der Waals surface area (Å²) in [6.45, 7) is 0. The molecular formula is C24H22ClNOS. The molecule has 1 aromatic heterocycles. The van der Waals surface area contributed by atoms with E-state index in [0.717, 1.165) is 16.5 Å². The number of aromatic amines is 1. The first kappa shape index (κ1) is 19.0. The molecule has 4 heteroatoms. The van der Waals surface area contributed by atoms with E-state index in [2.05, 4.69) is 59.9 Å². The van der Waals surface area contributed by atoms with Crippen molar-refractivity contribution in [3.05, 3.63) is 100 Å². The first-order chi connectivity index (χ1) is 13.7. The maximum absolute atomic E-state index is 6.15. The third-order valence-corrected chi connectivity index (χ3v) is 5.95. The highest BCUT2D eigenvalue weighted by atomic mass is 35.5. The Kier molecular flexibility index (Phi) is 5.65. The molecule has 28 heavy (non-hydrogen) atoms. The van der Waals surface area contributed by atoms with Gasteiger partial charge in [-0.15, -0.1) is 0 Å². The van der Waals surface area contributed by atoms with Gasteiger partial charge in [-0.1, -0.05) is 54.1 Å². The predicted octanol–water partition coefficient (Wildman–Crippen LogP) is 6.87. The number of rotatable bonds is 6. The Hall–Kier alpha value is -2.36. The SMILES string of the molecule is COc1ccc(C(c2ccc(Cl)cc2)c2c[nH]c3c(CSC)cccc23)cc1. The molecule has 0 saturated carbocycles. The van der Waals surface area contributed by atoms with E-state index in [1.54, 1.807) is 7.11 Å². The lowest BCUT2D eigenvalue weighted by Crippen LogP contribution is -2.03.